The van der Waals surface area contributed by atoms with E-state index in [0.29, 0.717) is 17.5 Å². The fourth-order valence-electron chi connectivity index (χ4n) is 7.66. The van der Waals surface area contributed by atoms with Crippen molar-refractivity contribution in [2.45, 2.75) is 99.3 Å². The largest absolute Gasteiger partial charge is 0.310 e. The van der Waals surface area contributed by atoms with Crippen LogP contribution in [0.25, 0.3) is 34.2 Å². The third-order valence-electron chi connectivity index (χ3n) is 11.2. The van der Waals surface area contributed by atoms with Crippen molar-refractivity contribution in [1.82, 2.24) is 15.0 Å². The number of hydrogen-bond acceptors (Lipinski definition) is 4. The van der Waals surface area contributed by atoms with Gasteiger partial charge in [0.1, 0.15) is 0 Å². The van der Waals surface area contributed by atoms with Crippen LogP contribution >= 0.6 is 0 Å². The number of unbranched alkanes of at least 4 members (excludes halogenated alkanes) is 3. The van der Waals surface area contributed by atoms with Gasteiger partial charge in [0.15, 0.2) is 17.5 Å². The van der Waals surface area contributed by atoms with E-state index in [1.165, 1.54) is 75.9 Å². The van der Waals surface area contributed by atoms with Crippen LogP contribution in [0.3, 0.4) is 0 Å². The molecule has 0 N–H and O–H groups in total. The summed E-state index contributed by atoms with van der Waals surface area (Å²) in [5.74, 6) is 2.05. The Kier molecular flexibility index (Phi) is 12.3. The first-order chi connectivity index (χ1) is 27.9. The average Bonchev–Trinajstić information content (AvgIpc) is 3.22. The van der Waals surface area contributed by atoms with Crippen LogP contribution in [-0.2, 0) is 18.3 Å². The van der Waals surface area contributed by atoms with Crippen molar-refractivity contribution in [2.24, 2.45) is 0 Å². The fraction of sp³-hybridized carbons (Fsp3) is 0.278. The van der Waals surface area contributed by atoms with E-state index in [1.807, 2.05) is 0 Å². The molecular weight excluding hydrogens is 705 g/mol. The van der Waals surface area contributed by atoms with Crippen LogP contribution in [0.2, 0.25) is 0 Å². The van der Waals surface area contributed by atoms with Crippen LogP contribution in [-0.4, -0.2) is 15.0 Å². The Labute approximate surface area is 347 Å². The molecule has 58 heavy (non-hydrogen) atoms. The lowest BCUT2D eigenvalue weighted by Gasteiger charge is -2.31. The molecule has 0 aliphatic carbocycles. The van der Waals surface area contributed by atoms with E-state index in [-0.39, 0.29) is 5.41 Å². The molecule has 0 fully saturated rings. The first-order valence-corrected chi connectivity index (χ1v) is 21.0. The van der Waals surface area contributed by atoms with Crippen molar-refractivity contribution in [2.75, 3.05) is 4.90 Å². The number of hydrogen-bond donors (Lipinski definition) is 0. The normalized spacial score (nSPS) is 11.5. The standard InChI is InChI=1S/C54H58N4/c1-9-10-11-12-13-41-18-26-45(27-19-41)52-55-51(44-24-14-37(2)15-25-44)56-53(57-52)46-28-20-42(21-29-46)36-43-22-32-49(33-23-43)58(48-30-16-38(3)17-31-48)50-39(4)34-47(35-40(50)5)54(6,7)8/h14-35H,9-13,36H2,1-8H3. The van der Waals surface area contributed by atoms with Crippen LogP contribution in [0.5, 0.6) is 0 Å². The zero-order valence-corrected chi connectivity index (χ0v) is 35.7. The molecule has 1 aromatic heterocycles. The maximum Gasteiger partial charge on any atom is 0.164 e. The summed E-state index contributed by atoms with van der Waals surface area (Å²) in [5.41, 5.74) is 16.8. The first kappa shape index (κ1) is 40.3. The van der Waals surface area contributed by atoms with Gasteiger partial charge in [-0.1, -0.05) is 167 Å². The molecule has 0 unspecified atom stereocenters. The highest BCUT2D eigenvalue weighted by atomic mass is 15.1. The van der Waals surface area contributed by atoms with Crippen LogP contribution in [0.4, 0.5) is 17.1 Å². The molecule has 7 rings (SSSR count). The SMILES string of the molecule is CCCCCCc1ccc(-c2nc(-c3ccc(C)cc3)nc(-c3ccc(Cc4ccc(N(c5ccc(C)cc5)c5c(C)cc(C(C)(C)C)cc5C)cc4)cc3)n2)cc1. The van der Waals surface area contributed by atoms with Gasteiger partial charge >= 0.3 is 0 Å². The minimum Gasteiger partial charge on any atom is -0.310 e. The third-order valence-corrected chi connectivity index (χ3v) is 11.2. The maximum atomic E-state index is 5.03. The summed E-state index contributed by atoms with van der Waals surface area (Å²) >= 11 is 0. The highest BCUT2D eigenvalue weighted by Crippen LogP contribution is 2.41. The van der Waals surface area contributed by atoms with Gasteiger partial charge in [0.05, 0.1) is 5.69 Å². The number of nitrogens with zero attached hydrogens (tertiary/aromatic N) is 4. The summed E-state index contributed by atoms with van der Waals surface area (Å²) in [6.07, 6.45) is 6.98. The molecule has 294 valence electrons. The highest BCUT2D eigenvalue weighted by Gasteiger charge is 2.21. The Balaban J connectivity index is 1.14. The van der Waals surface area contributed by atoms with Crippen LogP contribution in [0.1, 0.15) is 97.9 Å². The smallest absolute Gasteiger partial charge is 0.164 e. The lowest BCUT2D eigenvalue weighted by atomic mass is 9.84. The van der Waals surface area contributed by atoms with Gasteiger partial charge in [-0.3, -0.25) is 0 Å². The molecule has 0 bridgehead atoms. The summed E-state index contributed by atoms with van der Waals surface area (Å²) in [6.45, 7) is 17.8. The van der Waals surface area contributed by atoms with Gasteiger partial charge in [-0.2, -0.15) is 0 Å². The quantitative estimate of drug-likeness (QED) is 0.110. The van der Waals surface area contributed by atoms with Crippen LogP contribution in [0, 0.1) is 27.7 Å². The molecule has 7 aromatic rings. The zero-order chi connectivity index (χ0) is 40.8. The zero-order valence-electron chi connectivity index (χ0n) is 35.7. The molecule has 0 amide bonds. The Morgan fingerprint density at radius 3 is 1.31 bits per heavy atom. The van der Waals surface area contributed by atoms with Crippen molar-refractivity contribution in [1.29, 1.82) is 0 Å². The van der Waals surface area contributed by atoms with Crippen LogP contribution in [0.15, 0.2) is 133 Å². The molecule has 0 radical (unpaired) electrons. The molecule has 0 aliphatic rings. The topological polar surface area (TPSA) is 41.9 Å². The molecule has 0 atom stereocenters. The van der Waals surface area contributed by atoms with Gasteiger partial charge in [0.25, 0.3) is 0 Å². The molecule has 0 aliphatic heterocycles. The van der Waals surface area contributed by atoms with E-state index in [4.69, 9.17) is 15.0 Å². The fourth-order valence-corrected chi connectivity index (χ4v) is 7.66. The second kappa shape index (κ2) is 17.7. The number of benzene rings is 6. The Hall–Kier alpha value is -5.87. The van der Waals surface area contributed by atoms with Crippen LogP contribution < -0.4 is 4.90 Å². The molecule has 0 spiro atoms. The first-order valence-electron chi connectivity index (χ1n) is 21.0. The molecular formula is C54H58N4. The second-order valence-corrected chi connectivity index (χ2v) is 17.1. The summed E-state index contributed by atoms with van der Waals surface area (Å²) in [4.78, 5) is 17.4. The maximum absolute atomic E-state index is 5.03. The Morgan fingerprint density at radius 1 is 0.466 bits per heavy atom. The van der Waals surface area contributed by atoms with E-state index in [9.17, 15) is 0 Å². The van der Waals surface area contributed by atoms with Gasteiger partial charge in [-0.05, 0) is 110 Å². The third kappa shape index (κ3) is 9.62. The van der Waals surface area contributed by atoms with Gasteiger partial charge in [-0.25, -0.2) is 15.0 Å². The second-order valence-electron chi connectivity index (χ2n) is 17.1. The monoisotopic (exact) mass is 762 g/mol. The number of aromatic nitrogens is 3. The van der Waals surface area contributed by atoms with E-state index < -0.39 is 0 Å². The van der Waals surface area contributed by atoms with E-state index in [2.05, 4.69) is 194 Å². The molecule has 6 aromatic carbocycles. The molecule has 0 saturated heterocycles. The van der Waals surface area contributed by atoms with Crippen molar-refractivity contribution in [3.8, 4) is 34.2 Å². The highest BCUT2D eigenvalue weighted by molar-refractivity contribution is 5.81. The van der Waals surface area contributed by atoms with E-state index >= 15 is 0 Å². The number of aryl methyl sites for hydroxylation is 5. The van der Waals surface area contributed by atoms with Crippen molar-refractivity contribution < 1.29 is 0 Å². The van der Waals surface area contributed by atoms with Gasteiger partial charge in [0.2, 0.25) is 0 Å². The predicted octanol–water partition coefficient (Wildman–Crippen LogP) is 14.6. The number of rotatable bonds is 13. The summed E-state index contributed by atoms with van der Waals surface area (Å²) in [7, 11) is 0. The minimum absolute atomic E-state index is 0.0844. The minimum atomic E-state index is 0.0844. The van der Waals surface area contributed by atoms with Gasteiger partial charge in [-0.15, -0.1) is 0 Å². The van der Waals surface area contributed by atoms with Crippen molar-refractivity contribution in [3.05, 3.63) is 178 Å². The Morgan fingerprint density at radius 2 is 0.862 bits per heavy atom. The molecule has 4 heteroatoms. The average molecular weight is 763 g/mol. The predicted molar refractivity (Wildman–Crippen MR) is 246 cm³/mol. The Bertz CT molecular complexity index is 2410. The molecule has 1 heterocycles. The van der Waals surface area contributed by atoms with Gasteiger partial charge in [0, 0.05) is 28.1 Å². The lowest BCUT2D eigenvalue weighted by molar-refractivity contribution is 0.589. The summed E-state index contributed by atoms with van der Waals surface area (Å²) in [5, 5.41) is 0. The van der Waals surface area contributed by atoms with Crippen molar-refractivity contribution >= 4 is 17.1 Å². The summed E-state index contributed by atoms with van der Waals surface area (Å²) in [6, 6.07) is 48.5. The lowest BCUT2D eigenvalue weighted by Crippen LogP contribution is -2.16. The molecule has 0 saturated carbocycles. The van der Waals surface area contributed by atoms with E-state index in [1.54, 1.807) is 0 Å². The van der Waals surface area contributed by atoms with Crippen molar-refractivity contribution in [3.63, 3.8) is 0 Å². The van der Waals surface area contributed by atoms with Gasteiger partial charge < -0.3 is 4.90 Å². The summed E-state index contributed by atoms with van der Waals surface area (Å²) < 4.78 is 0. The molecule has 4 nitrogen and oxygen atoms in total. The number of anilines is 3. The van der Waals surface area contributed by atoms with E-state index in [0.717, 1.165) is 40.9 Å².